The van der Waals surface area contributed by atoms with E-state index in [0.717, 1.165) is 29.9 Å². The van der Waals surface area contributed by atoms with Crippen LogP contribution in [0.4, 0.5) is 0 Å². The minimum atomic E-state index is 0.209. The quantitative estimate of drug-likeness (QED) is 0.846. The van der Waals surface area contributed by atoms with Crippen molar-refractivity contribution in [3.05, 3.63) is 59.7 Å². The largest absolute Gasteiger partial charge is 0.493 e. The summed E-state index contributed by atoms with van der Waals surface area (Å²) in [5, 5.41) is 0. The lowest BCUT2D eigenvalue weighted by Gasteiger charge is -2.13. The highest BCUT2D eigenvalue weighted by molar-refractivity contribution is 5.43. The monoisotopic (exact) mass is 285 g/mol. The molecule has 2 N–H and O–H groups in total. The number of hydrogen-bond donors (Lipinski definition) is 1. The molecule has 0 amide bonds. The van der Waals surface area contributed by atoms with E-state index in [9.17, 15) is 0 Å². The molecule has 0 aliphatic rings. The van der Waals surface area contributed by atoms with Crippen LogP contribution >= 0.6 is 0 Å². The van der Waals surface area contributed by atoms with Gasteiger partial charge in [-0.25, -0.2) is 0 Å². The fourth-order valence-corrected chi connectivity index (χ4v) is 2.12. The van der Waals surface area contributed by atoms with Gasteiger partial charge < -0.3 is 15.2 Å². The average molecular weight is 285 g/mol. The Morgan fingerprint density at radius 2 is 1.76 bits per heavy atom. The first kappa shape index (κ1) is 15.4. The highest BCUT2D eigenvalue weighted by Crippen LogP contribution is 2.29. The molecule has 2 aromatic carbocycles. The lowest BCUT2D eigenvalue weighted by Crippen LogP contribution is -2.15. The standard InChI is InChI=1S/C18H23NO2/c1-14(19)8-9-15-10-11-17(20-2)18(12-15)21-13-16-6-4-3-5-7-16/h3-7,10-12,14H,8-9,13,19H2,1-2H3. The molecule has 0 heterocycles. The molecule has 3 nitrogen and oxygen atoms in total. The van der Waals surface area contributed by atoms with Crippen molar-refractivity contribution in [3.63, 3.8) is 0 Å². The smallest absolute Gasteiger partial charge is 0.161 e. The summed E-state index contributed by atoms with van der Waals surface area (Å²) in [6.07, 6.45) is 1.91. The van der Waals surface area contributed by atoms with Gasteiger partial charge in [-0.15, -0.1) is 0 Å². The van der Waals surface area contributed by atoms with Gasteiger partial charge in [-0.2, -0.15) is 0 Å². The van der Waals surface area contributed by atoms with Crippen molar-refractivity contribution in [3.8, 4) is 11.5 Å². The van der Waals surface area contributed by atoms with E-state index in [-0.39, 0.29) is 6.04 Å². The van der Waals surface area contributed by atoms with Crippen LogP contribution in [-0.2, 0) is 13.0 Å². The maximum absolute atomic E-state index is 5.91. The van der Waals surface area contributed by atoms with Crippen molar-refractivity contribution in [2.45, 2.75) is 32.4 Å². The molecule has 21 heavy (non-hydrogen) atoms. The Hall–Kier alpha value is -2.00. The molecule has 0 bridgehead atoms. The van der Waals surface area contributed by atoms with Gasteiger partial charge in [0.25, 0.3) is 0 Å². The second-order valence-corrected chi connectivity index (χ2v) is 5.28. The predicted molar refractivity (Wildman–Crippen MR) is 85.7 cm³/mol. The molecule has 0 aromatic heterocycles. The zero-order chi connectivity index (χ0) is 15.1. The van der Waals surface area contributed by atoms with Crippen molar-refractivity contribution in [1.82, 2.24) is 0 Å². The van der Waals surface area contributed by atoms with Crippen molar-refractivity contribution < 1.29 is 9.47 Å². The summed E-state index contributed by atoms with van der Waals surface area (Å²) in [5.74, 6) is 1.54. The molecule has 2 aromatic rings. The molecule has 2 rings (SSSR count). The van der Waals surface area contributed by atoms with Gasteiger partial charge in [-0.1, -0.05) is 36.4 Å². The van der Waals surface area contributed by atoms with E-state index in [0.29, 0.717) is 6.61 Å². The molecular weight excluding hydrogens is 262 g/mol. The van der Waals surface area contributed by atoms with Crippen molar-refractivity contribution in [2.75, 3.05) is 7.11 Å². The third-order valence-electron chi connectivity index (χ3n) is 3.35. The van der Waals surface area contributed by atoms with Crippen LogP contribution in [0.3, 0.4) is 0 Å². The van der Waals surface area contributed by atoms with Crippen LogP contribution in [0.5, 0.6) is 11.5 Å². The highest BCUT2D eigenvalue weighted by atomic mass is 16.5. The maximum Gasteiger partial charge on any atom is 0.161 e. The van der Waals surface area contributed by atoms with E-state index < -0.39 is 0 Å². The maximum atomic E-state index is 5.91. The van der Waals surface area contributed by atoms with Gasteiger partial charge in [-0.3, -0.25) is 0 Å². The molecule has 1 atom stereocenters. The molecule has 0 radical (unpaired) electrons. The topological polar surface area (TPSA) is 44.5 Å². The van der Waals surface area contributed by atoms with Gasteiger partial charge in [0.2, 0.25) is 0 Å². The van der Waals surface area contributed by atoms with Crippen LogP contribution in [0.1, 0.15) is 24.5 Å². The fourth-order valence-electron chi connectivity index (χ4n) is 2.12. The Morgan fingerprint density at radius 1 is 1.00 bits per heavy atom. The lowest BCUT2D eigenvalue weighted by atomic mass is 10.1. The number of rotatable bonds is 7. The predicted octanol–water partition coefficient (Wildman–Crippen LogP) is 3.55. The van der Waals surface area contributed by atoms with E-state index in [1.807, 2.05) is 49.4 Å². The number of methoxy groups -OCH3 is 1. The molecule has 1 unspecified atom stereocenters. The summed E-state index contributed by atoms with van der Waals surface area (Å²) in [7, 11) is 1.66. The van der Waals surface area contributed by atoms with Crippen molar-refractivity contribution in [2.24, 2.45) is 5.73 Å². The SMILES string of the molecule is COc1ccc(CCC(C)N)cc1OCc1ccccc1. The van der Waals surface area contributed by atoms with Crippen molar-refractivity contribution in [1.29, 1.82) is 0 Å². The molecule has 0 saturated heterocycles. The molecule has 0 spiro atoms. The van der Waals surface area contributed by atoms with E-state index in [1.54, 1.807) is 7.11 Å². The minimum absolute atomic E-state index is 0.209. The third-order valence-corrected chi connectivity index (χ3v) is 3.35. The molecule has 0 saturated carbocycles. The summed E-state index contributed by atoms with van der Waals surface area (Å²) in [6, 6.07) is 16.4. The average Bonchev–Trinajstić information content (AvgIpc) is 2.52. The van der Waals surface area contributed by atoms with E-state index in [4.69, 9.17) is 15.2 Å². The number of nitrogens with two attached hydrogens (primary N) is 1. The number of ether oxygens (including phenoxy) is 2. The third kappa shape index (κ3) is 4.80. The molecule has 0 aliphatic carbocycles. The minimum Gasteiger partial charge on any atom is -0.493 e. The lowest BCUT2D eigenvalue weighted by molar-refractivity contribution is 0.284. The van der Waals surface area contributed by atoms with Crippen LogP contribution in [0.2, 0.25) is 0 Å². The van der Waals surface area contributed by atoms with Crippen LogP contribution < -0.4 is 15.2 Å². The molecule has 0 aliphatic heterocycles. The second kappa shape index (κ2) is 7.70. The first-order chi connectivity index (χ1) is 10.2. The van der Waals surface area contributed by atoms with Gasteiger partial charge in [-0.05, 0) is 43.0 Å². The summed E-state index contributed by atoms with van der Waals surface area (Å²) in [6.45, 7) is 2.56. The van der Waals surface area contributed by atoms with Gasteiger partial charge >= 0.3 is 0 Å². The van der Waals surface area contributed by atoms with E-state index >= 15 is 0 Å². The molecule has 3 heteroatoms. The van der Waals surface area contributed by atoms with Crippen LogP contribution in [-0.4, -0.2) is 13.2 Å². The molecular formula is C18H23NO2. The zero-order valence-corrected chi connectivity index (χ0v) is 12.7. The number of hydrogen-bond acceptors (Lipinski definition) is 3. The Morgan fingerprint density at radius 3 is 2.43 bits per heavy atom. The highest BCUT2D eigenvalue weighted by Gasteiger charge is 2.07. The summed E-state index contributed by atoms with van der Waals surface area (Å²) < 4.78 is 11.3. The van der Waals surface area contributed by atoms with Crippen LogP contribution in [0, 0.1) is 0 Å². The van der Waals surface area contributed by atoms with Gasteiger partial charge in [0.15, 0.2) is 11.5 Å². The first-order valence-electron chi connectivity index (χ1n) is 7.28. The Labute approximate surface area is 126 Å². The Bertz CT molecular complexity index is 552. The number of aryl methyl sites for hydroxylation is 1. The van der Waals surface area contributed by atoms with Gasteiger partial charge in [0.1, 0.15) is 6.61 Å². The zero-order valence-electron chi connectivity index (χ0n) is 12.7. The van der Waals surface area contributed by atoms with Gasteiger partial charge in [0, 0.05) is 6.04 Å². The van der Waals surface area contributed by atoms with Crippen LogP contribution in [0.25, 0.3) is 0 Å². The summed E-state index contributed by atoms with van der Waals surface area (Å²) in [4.78, 5) is 0. The molecule has 0 fully saturated rings. The first-order valence-corrected chi connectivity index (χ1v) is 7.28. The summed E-state index contributed by atoms with van der Waals surface area (Å²) >= 11 is 0. The van der Waals surface area contributed by atoms with Crippen molar-refractivity contribution >= 4 is 0 Å². The van der Waals surface area contributed by atoms with Gasteiger partial charge in [0.05, 0.1) is 7.11 Å². The Kier molecular flexibility index (Phi) is 5.64. The van der Waals surface area contributed by atoms with Crippen LogP contribution in [0.15, 0.2) is 48.5 Å². The number of benzene rings is 2. The Balaban J connectivity index is 2.06. The second-order valence-electron chi connectivity index (χ2n) is 5.28. The normalized spacial score (nSPS) is 12.0. The van der Waals surface area contributed by atoms with E-state index in [1.165, 1.54) is 5.56 Å². The fraction of sp³-hybridized carbons (Fsp3) is 0.333. The summed E-state index contributed by atoms with van der Waals surface area (Å²) in [5.41, 5.74) is 8.17. The molecule has 112 valence electrons. The van der Waals surface area contributed by atoms with E-state index in [2.05, 4.69) is 6.07 Å².